The molecule has 1 unspecified atom stereocenters. The molecule has 2 aliphatic heterocycles. The molecule has 2 aliphatic rings. The van der Waals surface area contributed by atoms with Gasteiger partial charge in [0.2, 0.25) is 5.91 Å². The molecule has 6 rings (SSSR count). The maximum Gasteiger partial charge on any atom is 0.236 e. The number of carbonyl (C=O) groups is 1. The van der Waals surface area contributed by atoms with E-state index in [0.717, 1.165) is 122 Å². The fourth-order valence-corrected chi connectivity index (χ4v) is 7.33. The number of likely N-dealkylation sites (tertiary alicyclic amines) is 1. The van der Waals surface area contributed by atoms with Gasteiger partial charge in [0.15, 0.2) is 5.82 Å². The van der Waals surface area contributed by atoms with Crippen LogP contribution in [0.3, 0.4) is 0 Å². The molecule has 2 aromatic carbocycles. The molecule has 288 valence electrons. The van der Waals surface area contributed by atoms with Crippen LogP contribution < -0.4 is 15.5 Å². The van der Waals surface area contributed by atoms with E-state index in [1.807, 2.05) is 51.2 Å². The number of piperazine rings is 1. The quantitative estimate of drug-likeness (QED) is 0.151. The topological polar surface area (TPSA) is 89.5 Å². The Kier molecular flexibility index (Phi) is 16.4. The van der Waals surface area contributed by atoms with Crippen LogP contribution in [0.2, 0.25) is 0 Å². The summed E-state index contributed by atoms with van der Waals surface area (Å²) >= 11 is 0. The van der Waals surface area contributed by atoms with Crippen LogP contribution >= 0.6 is 0 Å². The van der Waals surface area contributed by atoms with Gasteiger partial charge in [0.05, 0.1) is 6.54 Å². The van der Waals surface area contributed by atoms with E-state index in [1.54, 1.807) is 12.4 Å². The minimum absolute atomic E-state index is 0.100. The van der Waals surface area contributed by atoms with Crippen molar-refractivity contribution in [3.05, 3.63) is 121 Å². The molecule has 0 bridgehead atoms. The predicted octanol–water partition coefficient (Wildman–Crippen LogP) is 8.18. The van der Waals surface area contributed by atoms with Gasteiger partial charge in [-0.25, -0.2) is 9.97 Å². The van der Waals surface area contributed by atoms with Crippen molar-refractivity contribution in [2.24, 2.45) is 5.41 Å². The second-order valence-corrected chi connectivity index (χ2v) is 13.9. The molecule has 0 aliphatic carbocycles. The number of nitrogens with one attached hydrogen (secondary N) is 2. The van der Waals surface area contributed by atoms with Crippen molar-refractivity contribution in [1.29, 1.82) is 0 Å². The largest absolute Gasteiger partial charge is 0.368 e. The average Bonchev–Trinajstić information content (AvgIpc) is 3.22. The Bertz CT molecular complexity index is 1760. The highest BCUT2D eigenvalue weighted by Crippen LogP contribution is 2.41. The number of aromatic nitrogens is 3. The highest BCUT2D eigenvalue weighted by atomic mass is 16.2. The maximum absolute atomic E-state index is 13.6. The van der Waals surface area contributed by atoms with Gasteiger partial charge in [0.25, 0.3) is 0 Å². The lowest BCUT2D eigenvalue weighted by Gasteiger charge is -2.45. The Morgan fingerprint density at radius 3 is 2.19 bits per heavy atom. The number of benzene rings is 2. The Morgan fingerprint density at radius 2 is 1.52 bits per heavy atom. The number of piperidine rings is 1. The van der Waals surface area contributed by atoms with E-state index >= 15 is 0 Å². The van der Waals surface area contributed by atoms with Gasteiger partial charge in [0.1, 0.15) is 0 Å². The van der Waals surface area contributed by atoms with Crippen molar-refractivity contribution in [3.63, 3.8) is 0 Å². The van der Waals surface area contributed by atoms with Gasteiger partial charge in [-0.05, 0) is 118 Å². The summed E-state index contributed by atoms with van der Waals surface area (Å²) in [7, 11) is 3.75. The van der Waals surface area contributed by atoms with E-state index in [2.05, 4.69) is 117 Å². The van der Waals surface area contributed by atoms with Gasteiger partial charge in [-0.1, -0.05) is 59.4 Å². The summed E-state index contributed by atoms with van der Waals surface area (Å²) in [6.07, 6.45) is 10.5. The van der Waals surface area contributed by atoms with Crippen molar-refractivity contribution in [2.75, 3.05) is 70.1 Å². The fourth-order valence-electron chi connectivity index (χ4n) is 7.33. The van der Waals surface area contributed by atoms with Gasteiger partial charge in [0, 0.05) is 85.1 Å². The smallest absolute Gasteiger partial charge is 0.236 e. The SMILES string of the molecule is C=C(c1cccc(NC(=C)C2(CCC)CCCN(CC(=O)N3CCN(c4ccc(-c5ncccn5)cc4)CC3)C2)c1)c1ccnc(CC)c1.CC.CNC. The van der Waals surface area contributed by atoms with Gasteiger partial charge < -0.3 is 20.4 Å². The Labute approximate surface area is 324 Å². The van der Waals surface area contributed by atoms with Gasteiger partial charge in [-0.15, -0.1) is 0 Å². The number of amides is 1. The summed E-state index contributed by atoms with van der Waals surface area (Å²) < 4.78 is 0. The van der Waals surface area contributed by atoms with E-state index in [9.17, 15) is 4.79 Å². The van der Waals surface area contributed by atoms with E-state index < -0.39 is 0 Å². The number of rotatable bonds is 12. The first-order valence-corrected chi connectivity index (χ1v) is 19.7. The minimum atomic E-state index is -0.100. The molecule has 2 aromatic heterocycles. The lowest BCUT2D eigenvalue weighted by molar-refractivity contribution is -0.133. The number of pyridine rings is 1. The molecule has 1 amide bonds. The standard InChI is InChI=1S/C41H49N7O.C2H7N.C2H6/c1-5-17-41(32(4)45-37-11-7-10-34(28-37)31(3)35-16-21-42-36(6-2)27-35)18-8-22-46(30-41)29-39(49)48-25-23-47(24-26-48)38-14-12-33(13-15-38)40-43-19-9-20-44-40;1-3-2;1-2/h7,9-16,19-21,27-28,45H,3-6,8,17-18,22-26,29-30H2,1-2H3;3H,1-2H3;1-2H3. The summed E-state index contributed by atoms with van der Waals surface area (Å²) in [4.78, 5) is 33.5. The Morgan fingerprint density at radius 1 is 0.833 bits per heavy atom. The number of aryl methyl sites for hydroxylation is 1. The third kappa shape index (κ3) is 11.1. The number of hydrogen-bond donors (Lipinski definition) is 2. The molecular weight excluding hydrogens is 669 g/mol. The molecule has 4 heterocycles. The zero-order valence-electron chi connectivity index (χ0n) is 33.6. The first-order chi connectivity index (χ1) is 26.3. The van der Waals surface area contributed by atoms with E-state index in [4.69, 9.17) is 0 Å². The zero-order chi connectivity index (χ0) is 38.9. The molecule has 0 spiro atoms. The number of anilines is 2. The second kappa shape index (κ2) is 21.1. The Balaban J connectivity index is 0.00000124. The molecule has 9 heteroatoms. The highest BCUT2D eigenvalue weighted by Gasteiger charge is 2.38. The zero-order valence-corrected chi connectivity index (χ0v) is 33.6. The first kappa shape index (κ1) is 41.9. The summed E-state index contributed by atoms with van der Waals surface area (Å²) in [6, 6.07) is 22.8. The second-order valence-electron chi connectivity index (χ2n) is 13.9. The van der Waals surface area contributed by atoms with E-state index in [0.29, 0.717) is 6.54 Å². The summed E-state index contributed by atoms with van der Waals surface area (Å²) in [5.74, 6) is 0.947. The van der Waals surface area contributed by atoms with Gasteiger partial charge in [-0.2, -0.15) is 0 Å². The highest BCUT2D eigenvalue weighted by molar-refractivity contribution is 5.80. The van der Waals surface area contributed by atoms with Crippen LogP contribution in [0.15, 0.2) is 104 Å². The molecule has 2 fully saturated rings. The molecular formula is C45H62N8O. The monoisotopic (exact) mass is 731 g/mol. The molecule has 2 N–H and O–H groups in total. The number of nitrogens with zero attached hydrogens (tertiary/aromatic N) is 6. The number of hydrogen-bond acceptors (Lipinski definition) is 8. The molecule has 9 nitrogen and oxygen atoms in total. The normalized spacial score (nSPS) is 17.0. The third-order valence-corrected chi connectivity index (χ3v) is 10.1. The summed E-state index contributed by atoms with van der Waals surface area (Å²) in [6.45, 7) is 22.7. The summed E-state index contributed by atoms with van der Waals surface area (Å²) in [5, 5.41) is 6.44. The maximum atomic E-state index is 13.6. The average molecular weight is 731 g/mol. The first-order valence-electron chi connectivity index (χ1n) is 19.7. The van der Waals surface area contributed by atoms with Gasteiger partial charge >= 0.3 is 0 Å². The lowest BCUT2D eigenvalue weighted by Crippen LogP contribution is -2.53. The molecule has 2 saturated heterocycles. The molecule has 0 radical (unpaired) electrons. The van der Waals surface area contributed by atoms with Crippen LogP contribution in [0.4, 0.5) is 11.4 Å². The number of carbonyl (C=O) groups excluding carboxylic acids is 1. The molecule has 1 atom stereocenters. The van der Waals surface area contributed by atoms with Crippen molar-refractivity contribution in [1.82, 2.24) is 30.1 Å². The van der Waals surface area contributed by atoms with Crippen LogP contribution in [0.5, 0.6) is 0 Å². The van der Waals surface area contributed by atoms with E-state index in [-0.39, 0.29) is 11.3 Å². The van der Waals surface area contributed by atoms with Crippen LogP contribution in [0.25, 0.3) is 17.0 Å². The molecule has 4 aromatic rings. The molecule has 0 saturated carbocycles. The molecule has 54 heavy (non-hydrogen) atoms. The lowest BCUT2D eigenvalue weighted by atomic mass is 9.73. The van der Waals surface area contributed by atoms with Crippen LogP contribution in [-0.2, 0) is 11.2 Å². The van der Waals surface area contributed by atoms with Crippen LogP contribution in [0.1, 0.15) is 70.2 Å². The van der Waals surface area contributed by atoms with Crippen molar-refractivity contribution >= 4 is 22.9 Å². The van der Waals surface area contributed by atoms with Crippen LogP contribution in [0, 0.1) is 5.41 Å². The summed E-state index contributed by atoms with van der Waals surface area (Å²) in [5.41, 5.74) is 8.32. The minimum Gasteiger partial charge on any atom is -0.368 e. The van der Waals surface area contributed by atoms with Crippen LogP contribution in [-0.4, -0.2) is 90.6 Å². The van der Waals surface area contributed by atoms with Crippen molar-refractivity contribution in [2.45, 2.75) is 59.8 Å². The predicted molar refractivity (Wildman–Crippen MR) is 227 cm³/mol. The fraction of sp³-hybridized carbons (Fsp3) is 0.422. The van der Waals surface area contributed by atoms with Gasteiger partial charge in [-0.3, -0.25) is 14.7 Å². The van der Waals surface area contributed by atoms with Crippen molar-refractivity contribution in [3.8, 4) is 11.4 Å². The third-order valence-electron chi connectivity index (χ3n) is 10.1. The van der Waals surface area contributed by atoms with E-state index in [1.165, 1.54) is 0 Å². The Hall–Kier alpha value is -4.86. The van der Waals surface area contributed by atoms with Crippen molar-refractivity contribution < 1.29 is 4.79 Å².